The monoisotopic (exact) mass is 337 g/mol. The van der Waals surface area contributed by atoms with Gasteiger partial charge in [0.05, 0.1) is 20.6 Å². The van der Waals surface area contributed by atoms with E-state index in [2.05, 4.69) is 10.1 Å². The maximum absolute atomic E-state index is 12.1. The minimum absolute atomic E-state index is 0.0500. The number of benzene rings is 2. The van der Waals surface area contributed by atoms with E-state index < -0.39 is 6.61 Å². The van der Waals surface area contributed by atoms with Gasteiger partial charge in [0.2, 0.25) is 5.91 Å². The summed E-state index contributed by atoms with van der Waals surface area (Å²) in [6.07, 6.45) is 0.100. The predicted octanol–water partition coefficient (Wildman–Crippen LogP) is 3.49. The van der Waals surface area contributed by atoms with Crippen molar-refractivity contribution < 1.29 is 27.8 Å². The van der Waals surface area contributed by atoms with Crippen molar-refractivity contribution in [2.45, 2.75) is 13.0 Å². The van der Waals surface area contributed by atoms with Crippen LogP contribution < -0.4 is 19.5 Å². The molecule has 1 N–H and O–H groups in total. The van der Waals surface area contributed by atoms with Crippen molar-refractivity contribution >= 4 is 11.6 Å². The van der Waals surface area contributed by atoms with Gasteiger partial charge in [0.25, 0.3) is 0 Å². The van der Waals surface area contributed by atoms with Crippen LogP contribution in [0.1, 0.15) is 5.56 Å². The summed E-state index contributed by atoms with van der Waals surface area (Å²) in [6.45, 7) is -2.87. The summed E-state index contributed by atoms with van der Waals surface area (Å²) in [5, 5.41) is 2.74. The zero-order valence-electron chi connectivity index (χ0n) is 13.2. The Kier molecular flexibility index (Phi) is 5.95. The van der Waals surface area contributed by atoms with E-state index in [0.29, 0.717) is 22.7 Å². The molecule has 1 amide bonds. The summed E-state index contributed by atoms with van der Waals surface area (Å²) in [5.74, 6) is 0.868. The average molecular weight is 337 g/mol. The molecule has 7 heteroatoms. The van der Waals surface area contributed by atoms with E-state index in [4.69, 9.17) is 9.47 Å². The minimum Gasteiger partial charge on any atom is -0.493 e. The van der Waals surface area contributed by atoms with Crippen LogP contribution in [0, 0.1) is 0 Å². The standard InChI is InChI=1S/C17H17F2NO4/c1-22-14-8-5-12(10-15(14)23-2)20-16(21)9-11-3-6-13(7-4-11)24-17(18)19/h3-8,10,17H,9H2,1-2H3,(H,20,21). The highest BCUT2D eigenvalue weighted by Crippen LogP contribution is 2.29. The lowest BCUT2D eigenvalue weighted by Gasteiger charge is -2.11. The van der Waals surface area contributed by atoms with Gasteiger partial charge in [-0.25, -0.2) is 0 Å². The van der Waals surface area contributed by atoms with E-state index in [0.717, 1.165) is 0 Å². The minimum atomic E-state index is -2.87. The Bertz CT molecular complexity index is 689. The first kappa shape index (κ1) is 17.5. The van der Waals surface area contributed by atoms with E-state index in [-0.39, 0.29) is 18.1 Å². The molecule has 2 aromatic carbocycles. The molecule has 2 aromatic rings. The summed E-state index contributed by atoms with van der Waals surface area (Å²) in [6, 6.07) is 10.9. The molecule has 0 spiro atoms. The second kappa shape index (κ2) is 8.14. The van der Waals surface area contributed by atoms with E-state index in [1.54, 1.807) is 30.3 Å². The molecule has 0 radical (unpaired) electrons. The van der Waals surface area contributed by atoms with Crippen LogP contribution >= 0.6 is 0 Å². The molecule has 2 rings (SSSR count). The normalized spacial score (nSPS) is 10.4. The number of rotatable bonds is 7. The Hall–Kier alpha value is -2.83. The maximum atomic E-state index is 12.1. The fourth-order valence-electron chi connectivity index (χ4n) is 2.09. The topological polar surface area (TPSA) is 56.8 Å². The first-order chi connectivity index (χ1) is 11.5. The third-order valence-corrected chi connectivity index (χ3v) is 3.18. The van der Waals surface area contributed by atoms with Crippen LogP contribution in [0.15, 0.2) is 42.5 Å². The van der Waals surface area contributed by atoms with Gasteiger partial charge in [-0.1, -0.05) is 12.1 Å². The summed E-state index contributed by atoms with van der Waals surface area (Å²) in [4.78, 5) is 12.1. The van der Waals surface area contributed by atoms with E-state index in [9.17, 15) is 13.6 Å². The fourth-order valence-corrected chi connectivity index (χ4v) is 2.09. The number of halogens is 2. The molecule has 0 heterocycles. The van der Waals surface area contributed by atoms with Crippen molar-refractivity contribution in [3.63, 3.8) is 0 Å². The molecule has 0 saturated carbocycles. The summed E-state index contributed by atoms with van der Waals surface area (Å²) >= 11 is 0. The van der Waals surface area contributed by atoms with Gasteiger partial charge >= 0.3 is 6.61 Å². The number of hydrogen-bond acceptors (Lipinski definition) is 4. The van der Waals surface area contributed by atoms with Crippen LogP contribution in [-0.2, 0) is 11.2 Å². The van der Waals surface area contributed by atoms with E-state index in [1.807, 2.05) is 0 Å². The van der Waals surface area contributed by atoms with Crippen molar-refractivity contribution in [3.05, 3.63) is 48.0 Å². The highest BCUT2D eigenvalue weighted by Gasteiger charge is 2.09. The second-order valence-electron chi connectivity index (χ2n) is 4.82. The molecule has 0 aliphatic heterocycles. The van der Waals surface area contributed by atoms with E-state index in [1.165, 1.54) is 26.4 Å². The van der Waals surface area contributed by atoms with Crippen molar-refractivity contribution in [1.29, 1.82) is 0 Å². The Morgan fingerprint density at radius 3 is 2.29 bits per heavy atom. The van der Waals surface area contributed by atoms with E-state index >= 15 is 0 Å². The van der Waals surface area contributed by atoms with Crippen LogP contribution in [-0.4, -0.2) is 26.7 Å². The number of nitrogens with one attached hydrogen (secondary N) is 1. The lowest BCUT2D eigenvalue weighted by molar-refractivity contribution is -0.115. The van der Waals surface area contributed by atoms with Gasteiger partial charge in [-0.3, -0.25) is 4.79 Å². The lowest BCUT2D eigenvalue weighted by Crippen LogP contribution is -2.14. The van der Waals surface area contributed by atoms with Gasteiger partial charge in [0.15, 0.2) is 11.5 Å². The van der Waals surface area contributed by atoms with Crippen molar-refractivity contribution in [2.24, 2.45) is 0 Å². The Morgan fingerprint density at radius 2 is 1.71 bits per heavy atom. The van der Waals surface area contributed by atoms with Crippen LogP contribution in [0.4, 0.5) is 14.5 Å². The smallest absolute Gasteiger partial charge is 0.387 e. The number of carbonyl (C=O) groups excluding carboxylic acids is 1. The van der Waals surface area contributed by atoms with Crippen LogP contribution in [0.5, 0.6) is 17.2 Å². The Labute approximate surface area is 138 Å². The third-order valence-electron chi connectivity index (χ3n) is 3.18. The molecule has 0 aliphatic rings. The molecule has 0 bridgehead atoms. The summed E-state index contributed by atoms with van der Waals surface area (Å²) in [7, 11) is 3.03. The summed E-state index contributed by atoms with van der Waals surface area (Å²) < 4.78 is 38.7. The largest absolute Gasteiger partial charge is 0.493 e. The van der Waals surface area contributed by atoms with Crippen LogP contribution in [0.2, 0.25) is 0 Å². The quantitative estimate of drug-likeness (QED) is 0.840. The Morgan fingerprint density at radius 1 is 1.04 bits per heavy atom. The molecule has 0 aromatic heterocycles. The number of methoxy groups -OCH3 is 2. The van der Waals surface area contributed by atoms with Gasteiger partial charge in [0, 0.05) is 11.8 Å². The summed E-state index contributed by atoms with van der Waals surface area (Å²) in [5.41, 5.74) is 1.24. The van der Waals surface area contributed by atoms with Gasteiger partial charge in [-0.2, -0.15) is 8.78 Å². The lowest BCUT2D eigenvalue weighted by atomic mass is 10.1. The molecule has 128 valence electrons. The average Bonchev–Trinajstić information content (AvgIpc) is 2.56. The number of alkyl halides is 2. The number of ether oxygens (including phenoxy) is 3. The SMILES string of the molecule is COc1ccc(NC(=O)Cc2ccc(OC(F)F)cc2)cc1OC. The number of anilines is 1. The molecule has 0 atom stereocenters. The van der Waals surface area contributed by atoms with Crippen LogP contribution in [0.25, 0.3) is 0 Å². The molecular weight excluding hydrogens is 320 g/mol. The number of carbonyl (C=O) groups is 1. The first-order valence-corrected chi connectivity index (χ1v) is 7.07. The molecule has 0 saturated heterocycles. The third kappa shape index (κ3) is 4.84. The van der Waals surface area contributed by atoms with Crippen molar-refractivity contribution in [3.8, 4) is 17.2 Å². The highest BCUT2D eigenvalue weighted by molar-refractivity contribution is 5.92. The molecule has 24 heavy (non-hydrogen) atoms. The zero-order valence-corrected chi connectivity index (χ0v) is 13.2. The maximum Gasteiger partial charge on any atom is 0.387 e. The molecule has 0 fully saturated rings. The fraction of sp³-hybridized carbons (Fsp3) is 0.235. The van der Waals surface area contributed by atoms with Gasteiger partial charge < -0.3 is 19.5 Å². The van der Waals surface area contributed by atoms with Crippen LogP contribution in [0.3, 0.4) is 0 Å². The molecule has 0 unspecified atom stereocenters. The molecule has 0 aliphatic carbocycles. The Balaban J connectivity index is 1.98. The molecule has 5 nitrogen and oxygen atoms in total. The van der Waals surface area contributed by atoms with Crippen molar-refractivity contribution in [2.75, 3.05) is 19.5 Å². The van der Waals surface area contributed by atoms with Gasteiger partial charge in [-0.15, -0.1) is 0 Å². The number of hydrogen-bond donors (Lipinski definition) is 1. The predicted molar refractivity (Wildman–Crippen MR) is 85.0 cm³/mol. The first-order valence-electron chi connectivity index (χ1n) is 7.07. The second-order valence-corrected chi connectivity index (χ2v) is 4.82. The zero-order chi connectivity index (χ0) is 17.5. The van der Waals surface area contributed by atoms with Gasteiger partial charge in [-0.05, 0) is 29.8 Å². The molecular formula is C17H17F2NO4. The number of amides is 1. The van der Waals surface area contributed by atoms with Gasteiger partial charge in [0.1, 0.15) is 5.75 Å². The van der Waals surface area contributed by atoms with Crippen molar-refractivity contribution in [1.82, 2.24) is 0 Å². The highest BCUT2D eigenvalue weighted by atomic mass is 19.3.